The van der Waals surface area contributed by atoms with Crippen LogP contribution in [0.25, 0.3) is 0 Å². The summed E-state index contributed by atoms with van der Waals surface area (Å²) >= 11 is 0. The molecule has 4 bridgehead atoms. The fourth-order valence-electron chi connectivity index (χ4n) is 20.1. The molecule has 8 aliphatic rings. The molecular formula is C90H104N2O28. The van der Waals surface area contributed by atoms with Crippen LogP contribution in [0, 0.1) is 33.5 Å². The third-order valence-corrected chi connectivity index (χ3v) is 25.9. The van der Waals surface area contributed by atoms with Crippen LogP contribution >= 0.6 is 0 Å². The number of aliphatic hydroxyl groups excluding tert-OH is 5. The minimum atomic E-state index is -2.63. The minimum Gasteiger partial charge on any atom is -0.457 e. The van der Waals surface area contributed by atoms with Crippen molar-refractivity contribution >= 4 is 65.4 Å². The van der Waals surface area contributed by atoms with E-state index < -0.39 is 212 Å². The molecule has 0 aromatic heterocycles. The van der Waals surface area contributed by atoms with Gasteiger partial charge in [0.1, 0.15) is 59.5 Å². The summed E-state index contributed by atoms with van der Waals surface area (Å²) in [5.74, 6) is -12.5. The Morgan fingerprint density at radius 2 is 0.833 bits per heavy atom. The Morgan fingerprint density at radius 3 is 1.20 bits per heavy atom. The van der Waals surface area contributed by atoms with Crippen LogP contribution in [0.3, 0.4) is 0 Å². The number of rotatable bonds is 18. The van der Waals surface area contributed by atoms with Gasteiger partial charge >= 0.3 is 47.9 Å². The van der Waals surface area contributed by atoms with Crippen molar-refractivity contribution < 1.29 is 136 Å². The number of Topliss-reactive ketones (excluding diaryl/α,β-unsaturated/α-hetero) is 2. The van der Waals surface area contributed by atoms with Crippen molar-refractivity contribution in [2.45, 2.75) is 236 Å². The number of benzene rings is 5. The Hall–Kier alpha value is -10.4. The smallest absolute Gasteiger partial charge is 0.408 e. The number of carbonyl (C=O) groups excluding carboxylic acids is 11. The average Bonchev–Trinajstić information content (AvgIpc) is 0.670. The van der Waals surface area contributed by atoms with Crippen LogP contribution < -0.4 is 10.6 Å². The van der Waals surface area contributed by atoms with Crippen LogP contribution in [0.2, 0.25) is 0 Å². The van der Waals surface area contributed by atoms with Gasteiger partial charge < -0.3 is 93.7 Å². The van der Waals surface area contributed by atoms with E-state index >= 15 is 4.79 Å². The SMILES string of the molecule is CC(=O)O[C@@]12CO[C@@H]1C[C@H](O)[C@@]1(C)C(=O)[C@H](O)C3=C(C)C[C@@H](OC(=O)[C@H](O)[C@@H](NC(=O)OC(C)(C)C)c4ccccc4)[C@@](O)([C@@H](OC(=O)c4ccccc4)[C@H]21)C3(C)C.CC(=O)O[C@H]1C(=O)[C@@]2(C)[C@H]([C@H](OC(=O)c3ccccc3)[C@]3(O)[C@H](OC(=O)[C@H](O)[C@@H](NC(=O)c4ccccc4)c4ccccc4)CC(C)=C1C3(C)C)[C@]1(OC(C)=O)CO[C@@H]1C[C@@H]2O. The number of ketones is 2. The number of hydrogen-bond acceptors (Lipinski definition) is 28. The molecule has 2 amide bonds. The summed E-state index contributed by atoms with van der Waals surface area (Å²) in [4.78, 5) is 153. The summed E-state index contributed by atoms with van der Waals surface area (Å²) in [6, 6.07) is 37.3. The predicted octanol–water partition coefficient (Wildman–Crippen LogP) is 7.00. The topological polar surface area (TPSA) is 446 Å². The van der Waals surface area contributed by atoms with Crippen molar-refractivity contribution in [3.8, 4) is 0 Å². The fraction of sp³-hybridized carbons (Fsp3) is 0.500. The zero-order chi connectivity index (χ0) is 87.7. The lowest BCUT2D eigenvalue weighted by molar-refractivity contribution is -0.350. The van der Waals surface area contributed by atoms with E-state index in [9.17, 15) is 83.7 Å². The van der Waals surface area contributed by atoms with Crippen molar-refractivity contribution in [2.24, 2.45) is 33.5 Å². The summed E-state index contributed by atoms with van der Waals surface area (Å²) in [5.41, 5.74) is -15.7. The van der Waals surface area contributed by atoms with Crippen LogP contribution in [0.15, 0.2) is 174 Å². The molecular weight excluding hydrogens is 1560 g/mol. The van der Waals surface area contributed by atoms with E-state index in [1.807, 2.05) is 0 Å². The molecule has 13 rings (SSSR count). The third kappa shape index (κ3) is 15.3. The van der Waals surface area contributed by atoms with Gasteiger partial charge in [0.05, 0.1) is 71.3 Å². The van der Waals surface area contributed by atoms with E-state index in [1.165, 1.54) is 65.8 Å². The van der Waals surface area contributed by atoms with Crippen molar-refractivity contribution in [1.29, 1.82) is 0 Å². The summed E-state index contributed by atoms with van der Waals surface area (Å²) in [7, 11) is 0. The number of amides is 2. The van der Waals surface area contributed by atoms with Gasteiger partial charge in [-0.15, -0.1) is 0 Å². The Bertz CT molecular complexity index is 4860. The van der Waals surface area contributed by atoms with Gasteiger partial charge in [0.2, 0.25) is 0 Å². The van der Waals surface area contributed by atoms with Gasteiger partial charge in [0.15, 0.2) is 41.1 Å². The highest BCUT2D eigenvalue weighted by Crippen LogP contribution is 2.67. The quantitative estimate of drug-likeness (QED) is 0.0242. The van der Waals surface area contributed by atoms with E-state index in [-0.39, 0.29) is 66.7 Å². The molecule has 6 fully saturated rings. The van der Waals surface area contributed by atoms with Gasteiger partial charge in [-0.3, -0.25) is 28.8 Å². The molecule has 642 valence electrons. The first-order chi connectivity index (χ1) is 56.3. The van der Waals surface area contributed by atoms with Crippen LogP contribution in [-0.2, 0) is 80.9 Å². The first kappa shape index (κ1) is 88.9. The number of nitrogens with one attached hydrogen (secondary N) is 2. The molecule has 22 atom stereocenters. The van der Waals surface area contributed by atoms with Gasteiger partial charge in [-0.25, -0.2) is 24.0 Å². The lowest BCUT2D eigenvalue weighted by Gasteiger charge is -2.67. The maximum absolute atomic E-state index is 15.4. The zero-order valence-electron chi connectivity index (χ0n) is 69.1. The monoisotopic (exact) mass is 1660 g/mol. The molecule has 4 saturated carbocycles. The highest BCUT2D eigenvalue weighted by molar-refractivity contribution is 5.97. The molecule has 120 heavy (non-hydrogen) atoms. The normalized spacial score (nSPS) is 32.7. The average molecular weight is 1660 g/mol. The number of hydrogen-bond donors (Lipinski definition) is 9. The molecule has 2 aliphatic heterocycles. The van der Waals surface area contributed by atoms with Gasteiger partial charge in [-0.05, 0) is 107 Å². The van der Waals surface area contributed by atoms with Crippen LogP contribution in [0.1, 0.15) is 177 Å². The van der Waals surface area contributed by atoms with Crippen molar-refractivity contribution in [2.75, 3.05) is 13.2 Å². The van der Waals surface area contributed by atoms with Crippen LogP contribution in [-0.4, -0.2) is 216 Å². The van der Waals surface area contributed by atoms with Gasteiger partial charge in [0.25, 0.3) is 5.91 Å². The molecule has 0 spiro atoms. The standard InChI is InChI=1S/C47H51NO14.C43H53NO14/c1-25-22-33(60-43(56)36(52)35(28-16-10-7-11-17-28)48-41(54)29-18-12-8-13-19-29)47(57)40(61-42(55)30-20-14-9-15-21-30)38-45(6,31(51)23-32-46(38,24-58-32)62-27(3)50)39(53)37(59-26(2)49)34(25)44(47,4)5;1-22-19-28(55-37(51)32(48)30(24-15-11-9-12-16-24)44-38(52)58-39(3,4)5)43(53)35(56-36(50)25-17-13-10-14-18-25)33-41(8,34(49)31(47)29(22)40(43,6)7)26(46)20-27-42(33,21-54-27)57-23(2)45/h7-21,31-33,35-38,40,51-52,57H,22-24H2,1-6H3,(H,48,54);9-18,26-28,30-33,35,46-48,53H,19-21H2,1-8H3,(H,44,52)/t31-,32+,33+,35-,36+,37+,38-,40-,45+,46-,47+;26-,27+,28+,30-,31+,32+,33-,35-,41+,42-,43+/m00/s1. The van der Waals surface area contributed by atoms with E-state index in [4.69, 9.17) is 47.4 Å². The maximum Gasteiger partial charge on any atom is 0.408 e. The molecule has 6 aliphatic carbocycles. The highest BCUT2D eigenvalue weighted by atomic mass is 16.7. The predicted molar refractivity (Wildman–Crippen MR) is 421 cm³/mol. The molecule has 2 saturated heterocycles. The first-order valence-electron chi connectivity index (χ1n) is 39.8. The zero-order valence-corrected chi connectivity index (χ0v) is 69.1. The number of aliphatic hydroxyl groups is 7. The Labute approximate surface area is 693 Å². The molecule has 30 nitrogen and oxygen atoms in total. The molecule has 5 aromatic rings. The van der Waals surface area contributed by atoms with E-state index in [0.29, 0.717) is 22.3 Å². The molecule has 9 N–H and O–H groups in total. The Kier molecular flexibility index (Phi) is 24.6. The fourth-order valence-corrected chi connectivity index (χ4v) is 20.1. The largest absolute Gasteiger partial charge is 0.457 e. The second-order valence-corrected chi connectivity index (χ2v) is 34.9. The van der Waals surface area contributed by atoms with Gasteiger partial charge in [0, 0.05) is 62.8 Å². The molecule has 2 heterocycles. The number of esters is 7. The van der Waals surface area contributed by atoms with E-state index in [1.54, 1.807) is 162 Å². The molecule has 30 heteroatoms. The third-order valence-electron chi connectivity index (χ3n) is 25.9. The number of carbonyl (C=O) groups is 11. The second kappa shape index (κ2) is 33.2. The molecule has 0 unspecified atom stereocenters. The summed E-state index contributed by atoms with van der Waals surface area (Å²) in [6.45, 7) is 19.6. The van der Waals surface area contributed by atoms with Gasteiger partial charge in [-0.1, -0.05) is 154 Å². The van der Waals surface area contributed by atoms with E-state index in [0.717, 1.165) is 20.8 Å². The molecule has 0 radical (unpaired) electrons. The highest BCUT2D eigenvalue weighted by Gasteiger charge is 2.82. The minimum absolute atomic E-state index is 0.0349. The first-order valence-corrected chi connectivity index (χ1v) is 39.8. The lowest BCUT2D eigenvalue weighted by atomic mass is 9.44. The summed E-state index contributed by atoms with van der Waals surface area (Å²) in [6.07, 6.45) is -22.5. The van der Waals surface area contributed by atoms with Crippen LogP contribution in [0.4, 0.5) is 4.79 Å². The van der Waals surface area contributed by atoms with Crippen molar-refractivity contribution in [3.63, 3.8) is 0 Å². The summed E-state index contributed by atoms with van der Waals surface area (Å²) < 4.78 is 60.2. The lowest BCUT2D eigenvalue weighted by Crippen LogP contribution is -2.83. The summed E-state index contributed by atoms with van der Waals surface area (Å²) in [5, 5.41) is 92.6. The second-order valence-electron chi connectivity index (χ2n) is 34.9. The van der Waals surface area contributed by atoms with Crippen LogP contribution in [0.5, 0.6) is 0 Å². The molecule has 5 aromatic carbocycles. The van der Waals surface area contributed by atoms with E-state index in [2.05, 4.69) is 10.6 Å². The number of fused-ring (bicyclic) bond motifs is 10. The van der Waals surface area contributed by atoms with Gasteiger partial charge in [-0.2, -0.15) is 0 Å². The maximum atomic E-state index is 15.4. The Balaban J connectivity index is 0.000000221. The number of ether oxygens (including phenoxy) is 10. The Morgan fingerprint density at radius 1 is 0.475 bits per heavy atom. The number of alkyl carbamates (subject to hydrolysis) is 1. The van der Waals surface area contributed by atoms with Crippen molar-refractivity contribution in [3.05, 3.63) is 202 Å². The van der Waals surface area contributed by atoms with Crippen molar-refractivity contribution in [1.82, 2.24) is 10.6 Å².